The first kappa shape index (κ1) is 24.4. The molecule has 186 valence electrons. The molecule has 5 rings (SSSR count). The Morgan fingerprint density at radius 3 is 2.49 bits per heavy atom. The Labute approximate surface area is 219 Å². The lowest BCUT2D eigenvalue weighted by atomic mass is 10.1. The largest absolute Gasteiger partial charge is 0.497 e. The van der Waals surface area contributed by atoms with E-state index in [0.29, 0.717) is 30.0 Å². The highest BCUT2D eigenvalue weighted by molar-refractivity contribution is 7.98. The van der Waals surface area contributed by atoms with Crippen LogP contribution in [-0.2, 0) is 18.7 Å². The van der Waals surface area contributed by atoms with Crippen molar-refractivity contribution in [3.8, 4) is 11.4 Å². The van der Waals surface area contributed by atoms with Crippen LogP contribution in [0.5, 0.6) is 5.75 Å². The van der Waals surface area contributed by atoms with Crippen LogP contribution in [0.25, 0.3) is 5.69 Å². The van der Waals surface area contributed by atoms with Gasteiger partial charge in [-0.15, -0.1) is 10.2 Å². The smallest absolute Gasteiger partial charge is 0.251 e. The molecule has 0 saturated carbocycles. The summed E-state index contributed by atoms with van der Waals surface area (Å²) >= 11 is 1.54. The van der Waals surface area contributed by atoms with E-state index in [1.54, 1.807) is 31.2 Å². The molecule has 1 N–H and O–H groups in total. The maximum atomic E-state index is 12.9. The first-order valence-corrected chi connectivity index (χ1v) is 12.8. The molecule has 1 amide bonds. The van der Waals surface area contributed by atoms with Gasteiger partial charge < -0.3 is 14.5 Å². The molecule has 0 radical (unpaired) electrons. The third-order valence-electron chi connectivity index (χ3n) is 5.86. The van der Waals surface area contributed by atoms with Crippen molar-refractivity contribution in [3.63, 3.8) is 0 Å². The van der Waals surface area contributed by atoms with Gasteiger partial charge in [0, 0.05) is 23.4 Å². The standard InChI is InChI=1S/C29H26N4O3S/c1-35-24-15-13-23(14-16-24)33-27(18-21-8-3-2-4-9-21)31-32-29(33)37-20-22-10-5-6-12-26(22)28(34)30-19-25-11-7-17-36-25/h2-17H,18-20H2,1H3,(H,30,34). The monoisotopic (exact) mass is 510 g/mol. The number of rotatable bonds is 10. The molecule has 5 aromatic rings. The number of thioether (sulfide) groups is 1. The first-order valence-electron chi connectivity index (χ1n) is 11.8. The Bertz CT molecular complexity index is 1450. The fourth-order valence-corrected chi connectivity index (χ4v) is 4.94. The molecule has 2 heterocycles. The number of carbonyl (C=O) groups is 1. The van der Waals surface area contributed by atoms with Gasteiger partial charge in [0.15, 0.2) is 5.16 Å². The van der Waals surface area contributed by atoms with Crippen molar-refractivity contribution in [1.29, 1.82) is 0 Å². The summed E-state index contributed by atoms with van der Waals surface area (Å²) in [5, 5.41) is 12.7. The lowest BCUT2D eigenvalue weighted by molar-refractivity contribution is 0.0947. The number of nitrogens with one attached hydrogen (secondary N) is 1. The van der Waals surface area contributed by atoms with Crippen LogP contribution in [0, 0.1) is 0 Å². The molecule has 8 heteroatoms. The highest BCUT2D eigenvalue weighted by Crippen LogP contribution is 2.28. The Balaban J connectivity index is 1.39. The average Bonchev–Trinajstić information content (AvgIpc) is 3.61. The van der Waals surface area contributed by atoms with Crippen LogP contribution in [0.2, 0.25) is 0 Å². The lowest BCUT2D eigenvalue weighted by Gasteiger charge is -2.12. The van der Waals surface area contributed by atoms with E-state index in [9.17, 15) is 4.79 Å². The summed E-state index contributed by atoms with van der Waals surface area (Å²) in [4.78, 5) is 12.9. The van der Waals surface area contributed by atoms with Gasteiger partial charge in [-0.2, -0.15) is 0 Å². The van der Waals surface area contributed by atoms with Gasteiger partial charge in [0.05, 0.1) is 19.9 Å². The minimum atomic E-state index is -0.144. The molecular weight excluding hydrogens is 484 g/mol. The van der Waals surface area contributed by atoms with E-state index in [0.717, 1.165) is 33.5 Å². The van der Waals surface area contributed by atoms with E-state index in [2.05, 4.69) is 32.2 Å². The second-order valence-electron chi connectivity index (χ2n) is 8.30. The Hall–Kier alpha value is -4.30. The fraction of sp³-hybridized carbons (Fsp3) is 0.138. The van der Waals surface area contributed by atoms with E-state index < -0.39 is 0 Å². The van der Waals surface area contributed by atoms with Crippen molar-refractivity contribution in [2.45, 2.75) is 23.9 Å². The maximum absolute atomic E-state index is 12.9. The minimum absolute atomic E-state index is 0.144. The van der Waals surface area contributed by atoms with E-state index in [1.807, 2.05) is 72.8 Å². The number of nitrogens with zero attached hydrogens (tertiary/aromatic N) is 3. The molecule has 37 heavy (non-hydrogen) atoms. The van der Waals surface area contributed by atoms with E-state index in [4.69, 9.17) is 9.15 Å². The van der Waals surface area contributed by atoms with Crippen LogP contribution >= 0.6 is 11.8 Å². The van der Waals surface area contributed by atoms with Crippen molar-refractivity contribution in [1.82, 2.24) is 20.1 Å². The van der Waals surface area contributed by atoms with Crippen molar-refractivity contribution >= 4 is 17.7 Å². The van der Waals surface area contributed by atoms with Crippen LogP contribution < -0.4 is 10.1 Å². The molecule has 0 aliphatic rings. The molecule has 0 saturated heterocycles. The SMILES string of the molecule is COc1ccc(-n2c(Cc3ccccc3)nnc2SCc2ccccc2C(=O)NCc2ccco2)cc1. The van der Waals surface area contributed by atoms with Crippen molar-refractivity contribution in [2.24, 2.45) is 0 Å². The van der Waals surface area contributed by atoms with E-state index in [-0.39, 0.29) is 5.91 Å². The van der Waals surface area contributed by atoms with Crippen molar-refractivity contribution in [2.75, 3.05) is 7.11 Å². The number of amides is 1. The number of hydrogen-bond donors (Lipinski definition) is 1. The number of benzene rings is 3. The van der Waals surface area contributed by atoms with Crippen LogP contribution in [0.3, 0.4) is 0 Å². The summed E-state index contributed by atoms with van der Waals surface area (Å²) in [6.07, 6.45) is 2.24. The lowest BCUT2D eigenvalue weighted by Crippen LogP contribution is -2.23. The summed E-state index contributed by atoms with van der Waals surface area (Å²) in [6, 6.07) is 29.3. The molecule has 3 aromatic carbocycles. The number of furan rings is 1. The second-order valence-corrected chi connectivity index (χ2v) is 9.24. The van der Waals surface area contributed by atoms with Gasteiger partial charge in [-0.05, 0) is 53.6 Å². The van der Waals surface area contributed by atoms with Crippen LogP contribution in [0.1, 0.15) is 33.1 Å². The fourth-order valence-electron chi connectivity index (χ4n) is 3.96. The van der Waals surface area contributed by atoms with Crippen molar-refractivity contribution in [3.05, 3.63) is 126 Å². The predicted molar refractivity (Wildman–Crippen MR) is 143 cm³/mol. The number of hydrogen-bond acceptors (Lipinski definition) is 6. The maximum Gasteiger partial charge on any atom is 0.251 e. The Morgan fingerprint density at radius 2 is 1.73 bits per heavy atom. The Morgan fingerprint density at radius 1 is 0.946 bits per heavy atom. The van der Waals surface area contributed by atoms with Gasteiger partial charge in [-0.25, -0.2) is 0 Å². The average molecular weight is 511 g/mol. The third-order valence-corrected chi connectivity index (χ3v) is 6.84. The Kier molecular flexibility index (Phi) is 7.66. The summed E-state index contributed by atoms with van der Waals surface area (Å²) in [6.45, 7) is 0.335. The molecule has 0 atom stereocenters. The van der Waals surface area contributed by atoms with E-state index in [1.165, 1.54) is 0 Å². The molecule has 0 fully saturated rings. The summed E-state index contributed by atoms with van der Waals surface area (Å²) in [5.74, 6) is 2.74. The second kappa shape index (κ2) is 11.6. The third kappa shape index (κ3) is 5.92. The molecule has 0 unspecified atom stereocenters. The zero-order valence-electron chi connectivity index (χ0n) is 20.3. The summed E-state index contributed by atoms with van der Waals surface area (Å²) in [7, 11) is 1.65. The van der Waals surface area contributed by atoms with Gasteiger partial charge >= 0.3 is 0 Å². The predicted octanol–water partition coefficient (Wildman–Crippen LogP) is 5.68. The van der Waals surface area contributed by atoms with Crippen LogP contribution in [0.15, 0.2) is 107 Å². The van der Waals surface area contributed by atoms with Gasteiger partial charge in [0.1, 0.15) is 17.3 Å². The number of ether oxygens (including phenoxy) is 1. The zero-order chi connectivity index (χ0) is 25.5. The van der Waals surface area contributed by atoms with Crippen molar-refractivity contribution < 1.29 is 13.9 Å². The number of methoxy groups -OCH3 is 1. The minimum Gasteiger partial charge on any atom is -0.497 e. The molecule has 0 aliphatic heterocycles. The summed E-state index contributed by atoms with van der Waals surface area (Å²) < 4.78 is 12.7. The van der Waals surface area contributed by atoms with Gasteiger partial charge in [-0.3, -0.25) is 9.36 Å². The summed E-state index contributed by atoms with van der Waals surface area (Å²) in [5.41, 5.74) is 3.64. The molecule has 0 aliphatic carbocycles. The molecule has 7 nitrogen and oxygen atoms in total. The quantitative estimate of drug-likeness (QED) is 0.243. The molecular formula is C29H26N4O3S. The van der Waals surface area contributed by atoms with Crippen LogP contribution in [0.4, 0.5) is 0 Å². The van der Waals surface area contributed by atoms with Gasteiger partial charge in [-0.1, -0.05) is 60.3 Å². The number of carbonyl (C=O) groups excluding carboxylic acids is 1. The first-order chi connectivity index (χ1) is 18.2. The molecule has 0 bridgehead atoms. The van der Waals surface area contributed by atoms with Gasteiger partial charge in [0.25, 0.3) is 5.91 Å². The normalized spacial score (nSPS) is 10.8. The highest BCUT2D eigenvalue weighted by Gasteiger charge is 2.17. The molecule has 0 spiro atoms. The zero-order valence-corrected chi connectivity index (χ0v) is 21.2. The topological polar surface area (TPSA) is 82.2 Å². The van der Waals surface area contributed by atoms with E-state index >= 15 is 0 Å². The van der Waals surface area contributed by atoms with Crippen LogP contribution in [-0.4, -0.2) is 27.8 Å². The number of aromatic nitrogens is 3. The molecule has 2 aromatic heterocycles. The van der Waals surface area contributed by atoms with Gasteiger partial charge in [0.2, 0.25) is 0 Å². The highest BCUT2D eigenvalue weighted by atomic mass is 32.2.